The van der Waals surface area contributed by atoms with E-state index in [0.717, 1.165) is 31.8 Å². The SMILES string of the molecule is CCCCC[C@@](C)(O)C1=NCCN1. The molecule has 0 fully saturated rings. The first kappa shape index (κ1) is 10.5. The number of amidine groups is 1. The Morgan fingerprint density at radius 3 is 2.85 bits per heavy atom. The molecule has 1 heterocycles. The van der Waals surface area contributed by atoms with Gasteiger partial charge in [-0.05, 0) is 13.3 Å². The second kappa shape index (κ2) is 4.61. The van der Waals surface area contributed by atoms with E-state index in [1.807, 2.05) is 6.92 Å². The van der Waals surface area contributed by atoms with E-state index in [2.05, 4.69) is 17.2 Å². The summed E-state index contributed by atoms with van der Waals surface area (Å²) in [6.07, 6.45) is 4.26. The van der Waals surface area contributed by atoms with Gasteiger partial charge in [0.1, 0.15) is 11.4 Å². The van der Waals surface area contributed by atoms with E-state index in [-0.39, 0.29) is 0 Å². The van der Waals surface area contributed by atoms with Crippen molar-refractivity contribution >= 4 is 5.84 Å². The van der Waals surface area contributed by atoms with E-state index in [9.17, 15) is 5.11 Å². The zero-order valence-corrected chi connectivity index (χ0v) is 8.64. The minimum atomic E-state index is -0.730. The number of aliphatic hydroxyl groups is 1. The van der Waals surface area contributed by atoms with Crippen LogP contribution in [0, 0.1) is 0 Å². The Balaban J connectivity index is 2.35. The van der Waals surface area contributed by atoms with Crippen molar-refractivity contribution < 1.29 is 5.11 Å². The molecule has 13 heavy (non-hydrogen) atoms. The lowest BCUT2D eigenvalue weighted by Crippen LogP contribution is -2.42. The highest BCUT2D eigenvalue weighted by atomic mass is 16.3. The average molecular weight is 184 g/mol. The molecule has 1 atom stereocenters. The Bertz CT molecular complexity index is 187. The molecule has 0 radical (unpaired) electrons. The predicted octanol–water partition coefficient (Wildman–Crippen LogP) is 1.32. The molecule has 0 saturated heterocycles. The third-order valence-electron chi connectivity index (χ3n) is 2.45. The van der Waals surface area contributed by atoms with Gasteiger partial charge in [0.05, 0.1) is 6.54 Å². The van der Waals surface area contributed by atoms with Gasteiger partial charge in [-0.2, -0.15) is 0 Å². The van der Waals surface area contributed by atoms with Gasteiger partial charge in [-0.3, -0.25) is 4.99 Å². The predicted molar refractivity (Wildman–Crippen MR) is 55.1 cm³/mol. The van der Waals surface area contributed by atoms with Crippen molar-refractivity contribution in [1.29, 1.82) is 0 Å². The maximum Gasteiger partial charge on any atom is 0.129 e. The summed E-state index contributed by atoms with van der Waals surface area (Å²) in [4.78, 5) is 4.24. The highest BCUT2D eigenvalue weighted by Gasteiger charge is 2.28. The van der Waals surface area contributed by atoms with Crippen molar-refractivity contribution in [3.05, 3.63) is 0 Å². The van der Waals surface area contributed by atoms with E-state index in [1.165, 1.54) is 12.8 Å². The van der Waals surface area contributed by atoms with Crippen LogP contribution >= 0.6 is 0 Å². The molecule has 0 aromatic rings. The van der Waals surface area contributed by atoms with Crippen LogP contribution < -0.4 is 5.32 Å². The molecule has 1 aliphatic heterocycles. The normalized spacial score (nSPS) is 20.7. The topological polar surface area (TPSA) is 44.6 Å². The molecule has 0 aromatic carbocycles. The maximum atomic E-state index is 10.0. The fraction of sp³-hybridized carbons (Fsp3) is 0.900. The first-order valence-corrected chi connectivity index (χ1v) is 5.18. The van der Waals surface area contributed by atoms with Crippen molar-refractivity contribution in [3.63, 3.8) is 0 Å². The molecular weight excluding hydrogens is 164 g/mol. The number of nitrogens with zero attached hydrogens (tertiary/aromatic N) is 1. The molecule has 0 unspecified atom stereocenters. The lowest BCUT2D eigenvalue weighted by Gasteiger charge is -2.23. The lowest BCUT2D eigenvalue weighted by molar-refractivity contribution is 0.116. The van der Waals surface area contributed by atoms with Crippen LogP contribution in [0.25, 0.3) is 0 Å². The number of aliphatic imine (C=N–C) groups is 1. The fourth-order valence-electron chi connectivity index (χ4n) is 1.60. The molecule has 1 aliphatic rings. The monoisotopic (exact) mass is 184 g/mol. The largest absolute Gasteiger partial charge is 0.382 e. The van der Waals surface area contributed by atoms with Gasteiger partial charge < -0.3 is 10.4 Å². The highest BCUT2D eigenvalue weighted by Crippen LogP contribution is 2.16. The standard InChI is InChI=1S/C10H20N2O/c1-3-4-5-6-10(2,13)9-11-7-8-12-9/h13H,3-8H2,1-2H3,(H,11,12)/t10-/m1/s1. The van der Waals surface area contributed by atoms with Gasteiger partial charge in [-0.25, -0.2) is 0 Å². The molecule has 3 nitrogen and oxygen atoms in total. The van der Waals surface area contributed by atoms with Crippen LogP contribution in [0.4, 0.5) is 0 Å². The molecule has 0 aromatic heterocycles. The van der Waals surface area contributed by atoms with E-state index in [0.29, 0.717) is 0 Å². The molecule has 1 rings (SSSR count). The van der Waals surface area contributed by atoms with Gasteiger partial charge in [0.25, 0.3) is 0 Å². The molecule has 0 amide bonds. The minimum Gasteiger partial charge on any atom is -0.382 e. The van der Waals surface area contributed by atoms with Crippen molar-refractivity contribution in [3.8, 4) is 0 Å². The van der Waals surface area contributed by atoms with Gasteiger partial charge >= 0.3 is 0 Å². The Kier molecular flexibility index (Phi) is 3.72. The van der Waals surface area contributed by atoms with Gasteiger partial charge in [0.15, 0.2) is 0 Å². The number of rotatable bonds is 5. The minimum absolute atomic E-state index is 0.730. The fourth-order valence-corrected chi connectivity index (χ4v) is 1.60. The second-order valence-electron chi connectivity index (χ2n) is 3.89. The summed E-state index contributed by atoms with van der Waals surface area (Å²) in [6.45, 7) is 5.69. The lowest BCUT2D eigenvalue weighted by atomic mass is 9.97. The third kappa shape index (κ3) is 2.99. The average Bonchev–Trinajstić information content (AvgIpc) is 2.56. The smallest absolute Gasteiger partial charge is 0.129 e. The van der Waals surface area contributed by atoms with Gasteiger partial charge in [0, 0.05) is 6.54 Å². The Morgan fingerprint density at radius 1 is 1.54 bits per heavy atom. The molecule has 0 bridgehead atoms. The molecule has 0 spiro atoms. The van der Waals surface area contributed by atoms with E-state index in [1.54, 1.807) is 0 Å². The molecule has 0 aliphatic carbocycles. The van der Waals surface area contributed by atoms with Gasteiger partial charge in [-0.1, -0.05) is 26.2 Å². The van der Waals surface area contributed by atoms with Crippen molar-refractivity contribution in [2.75, 3.05) is 13.1 Å². The Morgan fingerprint density at radius 2 is 2.31 bits per heavy atom. The second-order valence-corrected chi connectivity index (χ2v) is 3.89. The van der Waals surface area contributed by atoms with E-state index in [4.69, 9.17) is 0 Å². The number of nitrogens with one attached hydrogen (secondary N) is 1. The summed E-state index contributed by atoms with van der Waals surface area (Å²) in [7, 11) is 0. The van der Waals surface area contributed by atoms with Crippen LogP contribution in [0.5, 0.6) is 0 Å². The van der Waals surface area contributed by atoms with Gasteiger partial charge in [-0.15, -0.1) is 0 Å². The van der Waals surface area contributed by atoms with Crippen LogP contribution in [-0.2, 0) is 0 Å². The molecule has 0 saturated carbocycles. The number of hydrogen-bond acceptors (Lipinski definition) is 3. The van der Waals surface area contributed by atoms with Crippen LogP contribution in [-0.4, -0.2) is 29.6 Å². The highest BCUT2D eigenvalue weighted by molar-refractivity contribution is 5.91. The summed E-state index contributed by atoms with van der Waals surface area (Å²) in [5, 5.41) is 13.2. The van der Waals surface area contributed by atoms with Crippen LogP contribution in [0.1, 0.15) is 39.5 Å². The zero-order valence-electron chi connectivity index (χ0n) is 8.64. The van der Waals surface area contributed by atoms with E-state index < -0.39 is 5.60 Å². The van der Waals surface area contributed by atoms with Gasteiger partial charge in [0.2, 0.25) is 0 Å². The molecule has 2 N–H and O–H groups in total. The quantitative estimate of drug-likeness (QED) is 0.633. The van der Waals surface area contributed by atoms with Crippen LogP contribution in [0.2, 0.25) is 0 Å². The van der Waals surface area contributed by atoms with Crippen LogP contribution in [0.3, 0.4) is 0 Å². The molecule has 3 heteroatoms. The zero-order chi connectivity index (χ0) is 9.73. The first-order chi connectivity index (χ1) is 6.17. The van der Waals surface area contributed by atoms with Crippen molar-refractivity contribution in [1.82, 2.24) is 5.32 Å². The molecular formula is C10H20N2O. The third-order valence-corrected chi connectivity index (χ3v) is 2.45. The van der Waals surface area contributed by atoms with Crippen LogP contribution in [0.15, 0.2) is 4.99 Å². The first-order valence-electron chi connectivity index (χ1n) is 5.18. The summed E-state index contributed by atoms with van der Waals surface area (Å²) in [5.41, 5.74) is -0.730. The Hall–Kier alpha value is -0.570. The number of unbranched alkanes of at least 4 members (excludes halogenated alkanes) is 2. The molecule has 76 valence electrons. The Labute approximate surface area is 80.3 Å². The van der Waals surface area contributed by atoms with E-state index >= 15 is 0 Å². The summed E-state index contributed by atoms with van der Waals surface area (Å²) < 4.78 is 0. The summed E-state index contributed by atoms with van der Waals surface area (Å²) in [6, 6.07) is 0. The summed E-state index contributed by atoms with van der Waals surface area (Å²) in [5.74, 6) is 0.781. The van der Waals surface area contributed by atoms with Crippen molar-refractivity contribution in [2.24, 2.45) is 4.99 Å². The summed E-state index contributed by atoms with van der Waals surface area (Å²) >= 11 is 0. The maximum absolute atomic E-state index is 10.0. The van der Waals surface area contributed by atoms with Crippen molar-refractivity contribution in [2.45, 2.75) is 45.1 Å². The number of hydrogen-bond donors (Lipinski definition) is 2.